The Bertz CT molecular complexity index is 7500. The Kier molecular flexibility index (Phi) is 31.5. The summed E-state index contributed by atoms with van der Waals surface area (Å²) in [6.45, 7) is 8.26. The second-order valence-corrected chi connectivity index (χ2v) is 37.1. The summed E-state index contributed by atoms with van der Waals surface area (Å²) in [4.78, 5) is 143. The number of thiazole rings is 3. The third-order valence-corrected chi connectivity index (χ3v) is 26.3. The lowest BCUT2D eigenvalue weighted by molar-refractivity contribution is -0.137. The van der Waals surface area contributed by atoms with Crippen LogP contribution in [0.3, 0.4) is 0 Å². The van der Waals surface area contributed by atoms with Gasteiger partial charge in [-0.3, -0.25) is 39.9 Å². The molecule has 0 aliphatic carbocycles. The summed E-state index contributed by atoms with van der Waals surface area (Å²) in [6, 6.07) is 50.7. The van der Waals surface area contributed by atoms with Crippen molar-refractivity contribution in [3.05, 3.63) is 302 Å². The van der Waals surface area contributed by atoms with E-state index in [1.54, 1.807) is 99.6 Å². The quantitative estimate of drug-likeness (QED) is 0.0343. The molecular formula is C101H89F9N26O8S3. The number of urea groups is 3. The first-order valence-corrected chi connectivity index (χ1v) is 48.5. The van der Waals surface area contributed by atoms with E-state index >= 15 is 0 Å². The Balaban J connectivity index is 0.000000134. The van der Waals surface area contributed by atoms with Crippen LogP contribution in [-0.4, -0.2) is 200 Å². The standard InChI is InChI=1S/C26H20F3N5O2.C26H25F2N7O2S.C25H23F2N7O2S.C24H21F2N7O2S/c27-19-9-5-17(6-10-19)25-30-26(18-7-11-20(28)12-8-18)34(31-25)16-23(35)32-13-14-33(24(36)15-32)22-4-2-1-3-21(22)29;1-15(2)29-25(37)32-26-30-20-11-12-34(13-21(20)38-26)22(36)14-35-24(17-5-9-19(28)10-6-17)31-23(33-35)16-3-7-18(27)8-4-16;1-2-28-24(36)31-25-29-19-11-12-33(13-20(19)37-25)21(35)14-34-23(16-5-9-18(27)10-6-16)30-22(32-34)15-3-7-17(26)8-4-15;1-27-23(35)30-24-28-18-10-11-32(12-19(18)36-24)20(34)13-33-22(15-4-8-17(26)9-5-15)29-21(31-33)14-2-6-16(25)7-3-14/h1-12H,13-16H2;3-10,15H,11-14H2,1-2H3,(H2,29,30,32,37);3-10H,2,11-14H2,1H3,(H2,28,29,31,36);2-9H,10-13H2,1H3,(H2,27,28,30,35). The van der Waals surface area contributed by atoms with Gasteiger partial charge in [-0.2, -0.15) is 0 Å². The highest BCUT2D eigenvalue weighted by atomic mass is 32.1. The van der Waals surface area contributed by atoms with E-state index in [0.717, 1.165) is 31.7 Å². The average molecular weight is 2060 g/mol. The van der Waals surface area contributed by atoms with Crippen molar-refractivity contribution in [3.8, 4) is 91.1 Å². The number of fused-ring (bicyclic) bond motifs is 3. The summed E-state index contributed by atoms with van der Waals surface area (Å²) in [5.41, 5.74) is 7.41. The lowest BCUT2D eigenvalue weighted by atomic mass is 10.2. The van der Waals surface area contributed by atoms with Crippen LogP contribution in [0.5, 0.6) is 0 Å². The molecule has 1 saturated heterocycles. The van der Waals surface area contributed by atoms with E-state index < -0.39 is 29.2 Å². The second-order valence-electron chi connectivity index (χ2n) is 33.8. The van der Waals surface area contributed by atoms with Crippen LogP contribution in [0.1, 0.15) is 52.5 Å². The highest BCUT2D eigenvalue weighted by molar-refractivity contribution is 7.16. The zero-order valence-electron chi connectivity index (χ0n) is 78.7. The maximum Gasteiger partial charge on any atom is 0.321 e. The first-order valence-electron chi connectivity index (χ1n) is 46.0. The fraction of sp³-hybridized carbons (Fsp3) is 0.218. The number of aromatic nitrogens is 15. The number of halogens is 9. The molecule has 1 fully saturated rings. The highest BCUT2D eigenvalue weighted by Crippen LogP contribution is 2.36. The Morgan fingerprint density at radius 1 is 0.333 bits per heavy atom. The largest absolute Gasteiger partial charge is 0.341 e. The van der Waals surface area contributed by atoms with Gasteiger partial charge in [-0.05, 0) is 227 Å². The van der Waals surface area contributed by atoms with Crippen molar-refractivity contribution in [3.63, 3.8) is 0 Å². The zero-order valence-corrected chi connectivity index (χ0v) is 81.2. The van der Waals surface area contributed by atoms with Crippen molar-refractivity contribution >= 4 is 103 Å². The summed E-state index contributed by atoms with van der Waals surface area (Å²) >= 11 is 4.02. The van der Waals surface area contributed by atoms with Crippen molar-refractivity contribution < 1.29 is 77.9 Å². The molecule has 11 heterocycles. The van der Waals surface area contributed by atoms with Crippen molar-refractivity contribution in [2.45, 2.75) is 91.9 Å². The Labute approximate surface area is 844 Å². The lowest BCUT2D eigenvalue weighted by Gasteiger charge is -2.34. The number of hydrogen-bond donors (Lipinski definition) is 6. The van der Waals surface area contributed by atoms with E-state index in [2.05, 4.69) is 87.2 Å². The van der Waals surface area contributed by atoms with Gasteiger partial charge in [0.25, 0.3) is 0 Å². The Morgan fingerprint density at radius 2 is 0.605 bits per heavy atom. The number of nitrogens with zero attached hydrogens (tertiary/aromatic N) is 20. The van der Waals surface area contributed by atoms with Crippen molar-refractivity contribution in [1.82, 2.24) is 110 Å². The highest BCUT2D eigenvalue weighted by Gasteiger charge is 2.35. The number of anilines is 4. The van der Waals surface area contributed by atoms with Gasteiger partial charge < -0.3 is 40.4 Å². The molecule has 11 amide bonds. The number of hydrogen-bond acceptors (Lipinski definition) is 22. The molecule has 7 aromatic heterocycles. The van der Waals surface area contributed by atoms with Gasteiger partial charge in [0.15, 0.2) is 62.0 Å². The van der Waals surface area contributed by atoms with E-state index in [9.17, 15) is 77.9 Å². The third-order valence-electron chi connectivity index (χ3n) is 23.3. The van der Waals surface area contributed by atoms with Crippen LogP contribution in [0.2, 0.25) is 0 Å². The average Bonchev–Trinajstić information content (AvgIpc) is 1.62. The molecule has 0 saturated carbocycles. The molecule has 34 nitrogen and oxygen atoms in total. The number of carbonyl (C=O) groups excluding carboxylic acids is 8. The molecule has 147 heavy (non-hydrogen) atoms. The number of piperazine rings is 1. The molecule has 4 aliphatic heterocycles. The summed E-state index contributed by atoms with van der Waals surface area (Å²) < 4.78 is 128. The Morgan fingerprint density at radius 3 is 0.878 bits per heavy atom. The van der Waals surface area contributed by atoms with Gasteiger partial charge in [0, 0.05) is 131 Å². The van der Waals surface area contributed by atoms with Crippen LogP contribution < -0.4 is 36.8 Å². The van der Waals surface area contributed by atoms with Crippen LogP contribution in [-0.2, 0) is 89.0 Å². The topological polar surface area (TPSA) is 386 Å². The molecule has 9 aromatic carbocycles. The van der Waals surface area contributed by atoms with Gasteiger partial charge in [0.2, 0.25) is 29.5 Å². The molecule has 20 rings (SSSR count). The SMILES string of the molecule is CC(C)NC(=O)Nc1nc2c(s1)CN(C(=O)Cn1nc(-c3ccc(F)cc3)nc1-c1ccc(F)cc1)CC2.CCNC(=O)Nc1nc2c(s1)CN(C(=O)Cn1nc(-c3ccc(F)cc3)nc1-c1ccc(F)cc1)CC2.CNC(=O)Nc1nc2c(s1)CN(C(=O)Cn1nc(-c3ccc(F)cc3)nc1-c1ccc(F)cc1)CC2.O=C(Cn1nc(-c2ccc(F)cc2)nc1-c1ccc(F)cc1)N1CCN(c2ccccc2F)C(=O)C1. The normalized spacial score (nSPS) is 13.1. The fourth-order valence-corrected chi connectivity index (χ4v) is 19.0. The number of carbonyl (C=O) groups is 8. The third kappa shape index (κ3) is 25.2. The summed E-state index contributed by atoms with van der Waals surface area (Å²) in [7, 11) is 1.52. The van der Waals surface area contributed by atoms with Crippen LogP contribution >= 0.6 is 34.0 Å². The van der Waals surface area contributed by atoms with Gasteiger partial charge in [-0.1, -0.05) is 46.1 Å². The maximum absolute atomic E-state index is 14.1. The molecule has 4 aliphatic rings. The minimum Gasteiger partial charge on any atom is -0.341 e. The zero-order chi connectivity index (χ0) is 103. The lowest BCUT2D eigenvalue weighted by Crippen LogP contribution is -2.53. The van der Waals surface area contributed by atoms with E-state index in [4.69, 9.17) is 0 Å². The van der Waals surface area contributed by atoms with E-state index in [1.807, 2.05) is 20.8 Å². The van der Waals surface area contributed by atoms with Crippen molar-refractivity contribution in [2.24, 2.45) is 0 Å². The fourth-order valence-electron chi connectivity index (χ4n) is 15.9. The smallest absolute Gasteiger partial charge is 0.321 e. The summed E-state index contributed by atoms with van der Waals surface area (Å²) in [5.74, 6) is -2.18. The van der Waals surface area contributed by atoms with Gasteiger partial charge in [0.1, 0.15) is 85.1 Å². The van der Waals surface area contributed by atoms with Crippen molar-refractivity contribution in [2.75, 3.05) is 73.7 Å². The number of amides is 11. The number of nitrogens with one attached hydrogen (secondary N) is 6. The van der Waals surface area contributed by atoms with Crippen LogP contribution in [0.25, 0.3) is 91.1 Å². The van der Waals surface area contributed by atoms with Gasteiger partial charge in [-0.25, -0.2) is 108 Å². The van der Waals surface area contributed by atoms with Gasteiger partial charge >= 0.3 is 18.1 Å². The molecule has 0 radical (unpaired) electrons. The summed E-state index contributed by atoms with van der Waals surface area (Å²) in [6.07, 6.45) is 1.70. The molecule has 0 atom stereocenters. The molecule has 0 spiro atoms. The van der Waals surface area contributed by atoms with E-state index in [1.165, 1.54) is 203 Å². The molecule has 46 heteroatoms. The molecule has 0 bridgehead atoms. The summed E-state index contributed by atoms with van der Waals surface area (Å²) in [5, 5.41) is 35.5. The van der Waals surface area contributed by atoms with Crippen molar-refractivity contribution in [1.29, 1.82) is 0 Å². The maximum atomic E-state index is 14.1. The second kappa shape index (κ2) is 45.7. The first kappa shape index (κ1) is 101. The monoisotopic (exact) mass is 2060 g/mol. The number of rotatable bonds is 22. The van der Waals surface area contributed by atoms with Crippen LogP contribution in [0.15, 0.2) is 218 Å². The Hall–Kier alpha value is -17.0. The van der Waals surface area contributed by atoms with E-state index in [-0.39, 0.29) is 134 Å². The predicted molar refractivity (Wildman–Crippen MR) is 530 cm³/mol. The first-order chi connectivity index (χ1) is 70.9. The van der Waals surface area contributed by atoms with Crippen LogP contribution in [0.4, 0.5) is 75.0 Å². The molecule has 752 valence electrons. The molecule has 0 unspecified atom stereocenters. The van der Waals surface area contributed by atoms with Gasteiger partial charge in [-0.15, -0.1) is 20.4 Å². The molecular weight excluding hydrogens is 1970 g/mol. The van der Waals surface area contributed by atoms with Gasteiger partial charge in [0.05, 0.1) is 42.4 Å². The van der Waals surface area contributed by atoms with Crippen LogP contribution in [0, 0.1) is 52.4 Å². The number of benzene rings is 9. The minimum absolute atomic E-state index is 0.00198. The predicted octanol–water partition coefficient (Wildman–Crippen LogP) is 16.1. The van der Waals surface area contributed by atoms with E-state index in [0.29, 0.717) is 166 Å². The number of para-hydroxylation sites is 1. The molecule has 6 N–H and O–H groups in total. The minimum atomic E-state index is -0.509. The molecule has 16 aromatic rings.